The first-order valence-electron chi connectivity index (χ1n) is 2.13. The summed E-state index contributed by atoms with van der Waals surface area (Å²) < 4.78 is 30.5. The van der Waals surface area contributed by atoms with Gasteiger partial charge in [0.1, 0.15) is 0 Å². The Hall–Kier alpha value is -0.220. The third kappa shape index (κ3) is 3.95. The first-order valence-corrected chi connectivity index (χ1v) is 2.13. The molecule has 0 saturated heterocycles. The predicted molar refractivity (Wildman–Crippen MR) is 23.6 cm³/mol. The minimum Gasteiger partial charge on any atom is -0.356 e. The Kier molecular flexibility index (Phi) is 3.64. The number of hydrogen-bond donors (Lipinski definition) is 0. The summed E-state index contributed by atoms with van der Waals surface area (Å²) in [6.45, 7) is -1.35. The van der Waals surface area contributed by atoms with Gasteiger partial charge < -0.3 is 4.74 Å². The lowest BCUT2D eigenvalue weighted by Gasteiger charge is -2.08. The van der Waals surface area contributed by atoms with Crippen LogP contribution in [0.3, 0.4) is 0 Å². The molecule has 0 aromatic rings. The summed E-state index contributed by atoms with van der Waals surface area (Å²) in [5.74, 6) is 0. The second kappa shape index (κ2) is 3.74. The van der Waals surface area contributed by atoms with E-state index in [1.54, 1.807) is 0 Å². The molecule has 0 heterocycles. The zero-order valence-electron chi connectivity index (χ0n) is 4.73. The van der Waals surface area contributed by atoms with Gasteiger partial charge in [-0.3, -0.25) is 4.74 Å². The lowest BCUT2D eigenvalue weighted by atomic mass is 10.8. The second-order valence-corrected chi connectivity index (χ2v) is 1.20. The molecule has 0 spiro atoms. The van der Waals surface area contributed by atoms with Gasteiger partial charge in [0.25, 0.3) is 0 Å². The van der Waals surface area contributed by atoms with Crippen LogP contribution in [0.1, 0.15) is 6.92 Å². The number of rotatable bonds is 3. The van der Waals surface area contributed by atoms with Gasteiger partial charge in [-0.15, -0.1) is 0 Å². The summed E-state index contributed by atoms with van der Waals surface area (Å²) in [7, 11) is 1.30. The molecule has 0 aliphatic rings. The van der Waals surface area contributed by atoms with Gasteiger partial charge in [0, 0.05) is 7.11 Å². The topological polar surface area (TPSA) is 18.5 Å². The van der Waals surface area contributed by atoms with Crippen molar-refractivity contribution >= 4 is 0 Å². The summed E-state index contributed by atoms with van der Waals surface area (Å²) in [6, 6.07) is 0. The van der Waals surface area contributed by atoms with Crippen LogP contribution in [0, 0.1) is 0 Å². The molecule has 0 aromatic heterocycles. The molecule has 4 heteroatoms. The molecule has 0 aliphatic carbocycles. The maximum absolute atomic E-state index is 11.2. The van der Waals surface area contributed by atoms with Crippen LogP contribution in [0.15, 0.2) is 0 Å². The van der Waals surface area contributed by atoms with Crippen molar-refractivity contribution in [3.05, 3.63) is 0 Å². The monoisotopic (exact) mass is 126 g/mol. The molecule has 0 bridgehead atoms. The lowest BCUT2D eigenvalue weighted by molar-refractivity contribution is -0.229. The van der Waals surface area contributed by atoms with Crippen molar-refractivity contribution in [1.82, 2.24) is 0 Å². The summed E-state index contributed by atoms with van der Waals surface area (Å²) in [6.07, 6.45) is -0.824. The van der Waals surface area contributed by atoms with Crippen LogP contribution in [0.4, 0.5) is 8.78 Å². The highest BCUT2D eigenvalue weighted by Crippen LogP contribution is 1.99. The fraction of sp³-hybridized carbons (Fsp3) is 1.00. The molecule has 0 fully saturated rings. The highest BCUT2D eigenvalue weighted by molar-refractivity contribution is 4.23. The van der Waals surface area contributed by atoms with Gasteiger partial charge in [0.2, 0.25) is 0 Å². The SMILES string of the molecule is COC(C)OC(F)F. The molecular weight excluding hydrogens is 118 g/mol. The number of methoxy groups -OCH3 is 1. The maximum atomic E-state index is 11.2. The zero-order valence-corrected chi connectivity index (χ0v) is 4.73. The highest BCUT2D eigenvalue weighted by Gasteiger charge is 2.06. The molecule has 0 aliphatic heterocycles. The van der Waals surface area contributed by atoms with Crippen LogP contribution in [0.2, 0.25) is 0 Å². The van der Waals surface area contributed by atoms with Crippen molar-refractivity contribution in [2.45, 2.75) is 19.8 Å². The normalized spacial score (nSPS) is 14.6. The Morgan fingerprint density at radius 2 is 1.88 bits per heavy atom. The Morgan fingerprint density at radius 3 is 2.00 bits per heavy atom. The third-order valence-corrected chi connectivity index (χ3v) is 0.626. The molecule has 0 amide bonds. The molecule has 0 radical (unpaired) electrons. The molecule has 0 N–H and O–H groups in total. The van der Waals surface area contributed by atoms with E-state index in [9.17, 15) is 8.78 Å². The Labute approximate surface area is 46.4 Å². The number of alkyl halides is 2. The van der Waals surface area contributed by atoms with Crippen molar-refractivity contribution in [3.8, 4) is 0 Å². The second-order valence-electron chi connectivity index (χ2n) is 1.20. The Balaban J connectivity index is 3.10. The van der Waals surface area contributed by atoms with Gasteiger partial charge in [-0.2, -0.15) is 8.78 Å². The number of hydrogen-bond acceptors (Lipinski definition) is 2. The van der Waals surface area contributed by atoms with Crippen molar-refractivity contribution in [1.29, 1.82) is 0 Å². The van der Waals surface area contributed by atoms with Crippen molar-refractivity contribution < 1.29 is 18.3 Å². The van der Waals surface area contributed by atoms with E-state index in [-0.39, 0.29) is 0 Å². The number of halogens is 2. The summed E-state index contributed by atoms with van der Waals surface area (Å²) in [4.78, 5) is 0. The van der Waals surface area contributed by atoms with Crippen LogP contribution < -0.4 is 0 Å². The van der Waals surface area contributed by atoms with Crippen molar-refractivity contribution in [3.63, 3.8) is 0 Å². The molecule has 1 atom stereocenters. The van der Waals surface area contributed by atoms with Gasteiger partial charge >= 0.3 is 6.61 Å². The zero-order chi connectivity index (χ0) is 6.57. The van der Waals surface area contributed by atoms with E-state index in [1.807, 2.05) is 0 Å². The fourth-order valence-corrected chi connectivity index (χ4v) is 0.200. The van der Waals surface area contributed by atoms with E-state index >= 15 is 0 Å². The third-order valence-electron chi connectivity index (χ3n) is 0.626. The summed E-state index contributed by atoms with van der Waals surface area (Å²) in [5.41, 5.74) is 0. The predicted octanol–water partition coefficient (Wildman–Crippen LogP) is 1.22. The Morgan fingerprint density at radius 1 is 1.38 bits per heavy atom. The van der Waals surface area contributed by atoms with Gasteiger partial charge in [-0.1, -0.05) is 0 Å². The number of ether oxygens (including phenoxy) is 2. The fourth-order valence-electron chi connectivity index (χ4n) is 0.200. The summed E-state index contributed by atoms with van der Waals surface area (Å²) in [5, 5.41) is 0. The van der Waals surface area contributed by atoms with E-state index in [2.05, 4.69) is 9.47 Å². The van der Waals surface area contributed by atoms with E-state index < -0.39 is 12.9 Å². The van der Waals surface area contributed by atoms with Gasteiger partial charge in [0.05, 0.1) is 0 Å². The maximum Gasteiger partial charge on any atom is 0.347 e. The van der Waals surface area contributed by atoms with E-state index in [4.69, 9.17) is 0 Å². The van der Waals surface area contributed by atoms with Crippen LogP contribution in [-0.2, 0) is 9.47 Å². The van der Waals surface area contributed by atoms with E-state index in [1.165, 1.54) is 14.0 Å². The van der Waals surface area contributed by atoms with Crippen LogP contribution in [0.5, 0.6) is 0 Å². The molecule has 8 heavy (non-hydrogen) atoms. The van der Waals surface area contributed by atoms with Crippen molar-refractivity contribution in [2.75, 3.05) is 7.11 Å². The molecule has 2 nitrogen and oxygen atoms in total. The van der Waals surface area contributed by atoms with Gasteiger partial charge in [0.15, 0.2) is 6.29 Å². The van der Waals surface area contributed by atoms with Crippen LogP contribution in [0.25, 0.3) is 0 Å². The quantitative estimate of drug-likeness (QED) is 0.529. The molecule has 0 saturated carbocycles. The molecule has 0 aromatic carbocycles. The first kappa shape index (κ1) is 7.78. The van der Waals surface area contributed by atoms with Crippen molar-refractivity contribution in [2.24, 2.45) is 0 Å². The largest absolute Gasteiger partial charge is 0.356 e. The minimum atomic E-state index is -2.75. The molecule has 1 unspecified atom stereocenters. The van der Waals surface area contributed by atoms with Gasteiger partial charge in [-0.05, 0) is 6.92 Å². The molecule has 0 rings (SSSR count). The van der Waals surface area contributed by atoms with E-state index in [0.717, 1.165) is 0 Å². The van der Waals surface area contributed by atoms with Crippen LogP contribution in [-0.4, -0.2) is 20.0 Å². The standard InChI is InChI=1S/C4H8F2O2/c1-3(7-2)8-4(5)6/h3-4H,1-2H3. The van der Waals surface area contributed by atoms with Gasteiger partial charge in [-0.25, -0.2) is 0 Å². The van der Waals surface area contributed by atoms with E-state index in [0.29, 0.717) is 0 Å². The highest BCUT2D eigenvalue weighted by atomic mass is 19.3. The smallest absolute Gasteiger partial charge is 0.347 e. The molecule has 50 valence electrons. The average molecular weight is 126 g/mol. The lowest BCUT2D eigenvalue weighted by Crippen LogP contribution is -2.13. The first-order chi connectivity index (χ1) is 3.66. The minimum absolute atomic E-state index is 0.824. The summed E-state index contributed by atoms with van der Waals surface area (Å²) >= 11 is 0. The molecular formula is C4H8F2O2. The Bertz CT molecular complexity index is 58.0. The average Bonchev–Trinajstić information content (AvgIpc) is 1.65. The van der Waals surface area contributed by atoms with Crippen LogP contribution >= 0.6 is 0 Å².